The number of hydrogen-bond acceptors (Lipinski definition) is 3. The number of thiophene rings is 1. The summed E-state index contributed by atoms with van der Waals surface area (Å²) < 4.78 is 8.44. The number of nitrogens with zero attached hydrogens (tertiary/aromatic N) is 1. The Morgan fingerprint density at radius 2 is 2.13 bits per heavy atom. The molecule has 0 aliphatic heterocycles. The molecule has 120 valence electrons. The second-order valence-electron chi connectivity index (χ2n) is 5.70. The SMILES string of the molecule is COc1cccc(CNC(=O)c2cc3sccc3n2C(C)C)c1. The van der Waals surface area contributed by atoms with Crippen molar-refractivity contribution in [3.8, 4) is 5.75 Å². The van der Waals surface area contributed by atoms with Gasteiger partial charge >= 0.3 is 0 Å². The highest BCUT2D eigenvalue weighted by Crippen LogP contribution is 2.28. The van der Waals surface area contributed by atoms with Crippen molar-refractivity contribution in [2.75, 3.05) is 7.11 Å². The van der Waals surface area contributed by atoms with Gasteiger partial charge in [-0.3, -0.25) is 4.79 Å². The van der Waals surface area contributed by atoms with E-state index in [0.29, 0.717) is 12.2 Å². The number of methoxy groups -OCH3 is 1. The Morgan fingerprint density at radius 3 is 2.87 bits per heavy atom. The minimum atomic E-state index is -0.0510. The maximum Gasteiger partial charge on any atom is 0.268 e. The lowest BCUT2D eigenvalue weighted by Crippen LogP contribution is -2.26. The molecule has 0 saturated heterocycles. The first-order chi connectivity index (χ1) is 11.1. The van der Waals surface area contributed by atoms with Gasteiger partial charge in [0.15, 0.2) is 0 Å². The van der Waals surface area contributed by atoms with E-state index in [4.69, 9.17) is 4.74 Å². The average Bonchev–Trinajstić information content (AvgIpc) is 3.13. The number of fused-ring (bicyclic) bond motifs is 1. The van der Waals surface area contributed by atoms with Gasteiger partial charge in [0.25, 0.3) is 5.91 Å². The van der Waals surface area contributed by atoms with E-state index in [1.165, 1.54) is 0 Å². The third kappa shape index (κ3) is 3.10. The Bertz CT molecular complexity index is 833. The van der Waals surface area contributed by atoms with Crippen LogP contribution in [0.4, 0.5) is 0 Å². The molecule has 0 unspecified atom stereocenters. The van der Waals surface area contributed by atoms with Crippen molar-refractivity contribution in [3.63, 3.8) is 0 Å². The van der Waals surface area contributed by atoms with Gasteiger partial charge in [0.05, 0.1) is 17.3 Å². The standard InChI is InChI=1S/C18H20N2O2S/c1-12(2)20-15-7-8-23-17(15)10-16(20)18(21)19-11-13-5-4-6-14(9-13)22-3/h4-10,12H,11H2,1-3H3,(H,19,21). The smallest absolute Gasteiger partial charge is 0.268 e. The molecule has 0 spiro atoms. The molecule has 0 saturated carbocycles. The van der Waals surface area contributed by atoms with Crippen molar-refractivity contribution in [2.45, 2.75) is 26.4 Å². The van der Waals surface area contributed by atoms with Crippen LogP contribution in [0.5, 0.6) is 5.75 Å². The number of hydrogen-bond donors (Lipinski definition) is 1. The summed E-state index contributed by atoms with van der Waals surface area (Å²) in [7, 11) is 1.64. The van der Waals surface area contributed by atoms with Gasteiger partial charge in [-0.1, -0.05) is 12.1 Å². The van der Waals surface area contributed by atoms with Crippen LogP contribution in [0.2, 0.25) is 0 Å². The van der Waals surface area contributed by atoms with Gasteiger partial charge in [0.2, 0.25) is 0 Å². The predicted molar refractivity (Wildman–Crippen MR) is 94.4 cm³/mol. The van der Waals surface area contributed by atoms with Crippen LogP contribution < -0.4 is 10.1 Å². The molecule has 0 fully saturated rings. The number of amides is 1. The lowest BCUT2D eigenvalue weighted by atomic mass is 10.2. The summed E-state index contributed by atoms with van der Waals surface area (Å²) >= 11 is 1.66. The van der Waals surface area contributed by atoms with Gasteiger partial charge in [-0.05, 0) is 49.1 Å². The minimum absolute atomic E-state index is 0.0510. The van der Waals surface area contributed by atoms with Crippen molar-refractivity contribution < 1.29 is 9.53 Å². The second kappa shape index (κ2) is 6.46. The Balaban J connectivity index is 1.80. The lowest BCUT2D eigenvalue weighted by molar-refractivity contribution is 0.0940. The highest BCUT2D eigenvalue weighted by molar-refractivity contribution is 7.17. The Hall–Kier alpha value is -2.27. The summed E-state index contributed by atoms with van der Waals surface area (Å²) in [4.78, 5) is 12.6. The molecule has 4 nitrogen and oxygen atoms in total. The normalized spacial score (nSPS) is 11.1. The topological polar surface area (TPSA) is 43.3 Å². The largest absolute Gasteiger partial charge is 0.497 e. The minimum Gasteiger partial charge on any atom is -0.497 e. The zero-order valence-electron chi connectivity index (χ0n) is 13.5. The summed E-state index contributed by atoms with van der Waals surface area (Å²) in [6.07, 6.45) is 0. The fourth-order valence-electron chi connectivity index (χ4n) is 2.73. The summed E-state index contributed by atoms with van der Waals surface area (Å²) in [5.74, 6) is 0.743. The van der Waals surface area contributed by atoms with Crippen molar-refractivity contribution in [2.24, 2.45) is 0 Å². The number of carbonyl (C=O) groups excluding carboxylic acids is 1. The van der Waals surface area contributed by atoms with Crippen LogP contribution in [0, 0.1) is 0 Å². The molecule has 3 rings (SSSR count). The van der Waals surface area contributed by atoms with Crippen molar-refractivity contribution in [3.05, 3.63) is 53.0 Å². The average molecular weight is 328 g/mol. The van der Waals surface area contributed by atoms with Crippen LogP contribution in [0.1, 0.15) is 35.9 Å². The second-order valence-corrected chi connectivity index (χ2v) is 6.65. The summed E-state index contributed by atoms with van der Waals surface area (Å²) in [5.41, 5.74) is 2.85. The van der Waals surface area contributed by atoms with Gasteiger partial charge in [-0.25, -0.2) is 0 Å². The number of nitrogens with one attached hydrogen (secondary N) is 1. The molecule has 0 aliphatic rings. The van der Waals surface area contributed by atoms with Gasteiger partial charge in [0.1, 0.15) is 11.4 Å². The maximum absolute atomic E-state index is 12.6. The molecule has 2 heterocycles. The molecular formula is C18H20N2O2S. The zero-order chi connectivity index (χ0) is 16.4. The number of rotatable bonds is 5. The monoisotopic (exact) mass is 328 g/mol. The van der Waals surface area contributed by atoms with E-state index in [-0.39, 0.29) is 11.9 Å². The first kappa shape index (κ1) is 15.6. The van der Waals surface area contributed by atoms with E-state index in [1.807, 2.05) is 30.3 Å². The Morgan fingerprint density at radius 1 is 1.30 bits per heavy atom. The summed E-state index contributed by atoms with van der Waals surface area (Å²) in [6, 6.07) is 12.0. The van der Waals surface area contributed by atoms with Crippen LogP contribution in [-0.2, 0) is 6.54 Å². The molecule has 1 N–H and O–H groups in total. The molecular weight excluding hydrogens is 308 g/mol. The first-order valence-electron chi connectivity index (χ1n) is 7.59. The quantitative estimate of drug-likeness (QED) is 0.762. The van der Waals surface area contributed by atoms with Crippen LogP contribution in [0.25, 0.3) is 10.2 Å². The fraction of sp³-hybridized carbons (Fsp3) is 0.278. The Kier molecular flexibility index (Phi) is 4.39. The van der Waals surface area contributed by atoms with Crippen molar-refractivity contribution >= 4 is 27.5 Å². The van der Waals surface area contributed by atoms with Gasteiger partial charge in [-0.15, -0.1) is 11.3 Å². The number of carbonyl (C=O) groups is 1. The lowest BCUT2D eigenvalue weighted by Gasteiger charge is -2.14. The highest BCUT2D eigenvalue weighted by atomic mass is 32.1. The molecule has 0 radical (unpaired) electrons. The third-order valence-electron chi connectivity index (χ3n) is 3.80. The third-order valence-corrected chi connectivity index (χ3v) is 4.65. The number of aromatic nitrogens is 1. The van der Waals surface area contributed by atoms with Gasteiger partial charge < -0.3 is 14.6 Å². The summed E-state index contributed by atoms with van der Waals surface area (Å²) in [6.45, 7) is 4.67. The van der Waals surface area contributed by atoms with E-state index in [9.17, 15) is 4.79 Å². The molecule has 3 aromatic rings. The maximum atomic E-state index is 12.6. The molecule has 0 aliphatic carbocycles. The summed E-state index contributed by atoms with van der Waals surface area (Å²) in [5, 5.41) is 5.06. The zero-order valence-corrected chi connectivity index (χ0v) is 14.3. The fourth-order valence-corrected chi connectivity index (χ4v) is 3.54. The number of ether oxygens (including phenoxy) is 1. The molecule has 0 atom stereocenters. The predicted octanol–water partition coefficient (Wildman–Crippen LogP) is 4.22. The van der Waals surface area contributed by atoms with Gasteiger partial charge in [0, 0.05) is 12.6 Å². The molecule has 1 amide bonds. The van der Waals surface area contributed by atoms with E-state index in [2.05, 4.69) is 35.2 Å². The van der Waals surface area contributed by atoms with E-state index >= 15 is 0 Å². The number of benzene rings is 1. The van der Waals surface area contributed by atoms with Crippen LogP contribution in [0.15, 0.2) is 41.8 Å². The van der Waals surface area contributed by atoms with Gasteiger partial charge in [-0.2, -0.15) is 0 Å². The van der Waals surface area contributed by atoms with Crippen molar-refractivity contribution in [1.82, 2.24) is 9.88 Å². The van der Waals surface area contributed by atoms with E-state index in [1.54, 1.807) is 18.4 Å². The molecule has 2 aromatic heterocycles. The van der Waals surface area contributed by atoms with Crippen LogP contribution in [0.3, 0.4) is 0 Å². The van der Waals surface area contributed by atoms with Crippen molar-refractivity contribution in [1.29, 1.82) is 0 Å². The first-order valence-corrected chi connectivity index (χ1v) is 8.47. The molecule has 1 aromatic carbocycles. The molecule has 5 heteroatoms. The Labute approximate surface area is 139 Å². The van der Waals surface area contributed by atoms with E-state index in [0.717, 1.165) is 21.5 Å². The van der Waals surface area contributed by atoms with Crippen LogP contribution >= 0.6 is 11.3 Å². The highest BCUT2D eigenvalue weighted by Gasteiger charge is 2.18. The van der Waals surface area contributed by atoms with E-state index < -0.39 is 0 Å². The molecule has 23 heavy (non-hydrogen) atoms. The van der Waals surface area contributed by atoms with Crippen LogP contribution in [-0.4, -0.2) is 17.6 Å². The molecule has 0 bridgehead atoms.